The molecule has 0 bridgehead atoms. The Hall–Kier alpha value is -0.820. The van der Waals surface area contributed by atoms with Crippen molar-refractivity contribution in [1.82, 2.24) is 9.97 Å². The summed E-state index contributed by atoms with van der Waals surface area (Å²) in [5, 5.41) is 0.813. The number of aromatic nitrogens is 2. The SMILES string of the molecule is Cc1c(N)nc(C2CC2)nc1SCCS(C)(=O)=O. The number of nitrogens with zero attached hydrogens (tertiary/aromatic N) is 2. The van der Waals surface area contributed by atoms with Crippen molar-refractivity contribution in [3.63, 3.8) is 0 Å². The zero-order valence-electron chi connectivity index (χ0n) is 10.5. The van der Waals surface area contributed by atoms with Crippen LogP contribution in [-0.4, -0.2) is 36.1 Å². The lowest BCUT2D eigenvalue weighted by molar-refractivity contribution is 0.603. The summed E-state index contributed by atoms with van der Waals surface area (Å²) >= 11 is 1.44. The topological polar surface area (TPSA) is 85.9 Å². The van der Waals surface area contributed by atoms with Gasteiger partial charge in [0.2, 0.25) is 0 Å². The van der Waals surface area contributed by atoms with Crippen LogP contribution in [0.2, 0.25) is 0 Å². The standard InChI is InChI=1S/C11H17N3O2S2/c1-7-9(12)13-10(8-3-4-8)14-11(7)17-5-6-18(2,15)16/h8H,3-6H2,1-2H3,(H2,12,13,14). The number of sulfone groups is 1. The third-order valence-corrected chi connectivity index (χ3v) is 5.07. The zero-order chi connectivity index (χ0) is 13.3. The molecule has 100 valence electrons. The van der Waals surface area contributed by atoms with E-state index in [0.29, 0.717) is 17.5 Å². The fraction of sp³-hybridized carbons (Fsp3) is 0.636. The number of thioether (sulfide) groups is 1. The highest BCUT2D eigenvalue weighted by Crippen LogP contribution is 2.39. The molecule has 5 nitrogen and oxygen atoms in total. The minimum Gasteiger partial charge on any atom is -0.383 e. The molecule has 0 radical (unpaired) electrons. The normalized spacial score (nSPS) is 15.9. The molecule has 1 aliphatic rings. The molecule has 1 saturated carbocycles. The lowest BCUT2D eigenvalue weighted by atomic mass is 10.3. The van der Waals surface area contributed by atoms with E-state index in [4.69, 9.17) is 5.73 Å². The Morgan fingerprint density at radius 1 is 1.39 bits per heavy atom. The molecule has 1 heterocycles. The number of nitrogen functional groups attached to an aromatic ring is 1. The highest BCUT2D eigenvalue weighted by Gasteiger charge is 2.27. The molecule has 0 saturated heterocycles. The maximum atomic E-state index is 11.1. The molecule has 1 aromatic heterocycles. The molecule has 0 aliphatic heterocycles. The van der Waals surface area contributed by atoms with E-state index in [1.165, 1.54) is 18.0 Å². The summed E-state index contributed by atoms with van der Waals surface area (Å²) in [6.45, 7) is 1.87. The molecule has 0 unspecified atom stereocenters. The molecule has 7 heteroatoms. The number of hydrogen-bond donors (Lipinski definition) is 1. The van der Waals surface area contributed by atoms with Crippen molar-refractivity contribution in [3.05, 3.63) is 11.4 Å². The molecule has 1 fully saturated rings. The van der Waals surface area contributed by atoms with Crippen LogP contribution in [0.1, 0.15) is 30.1 Å². The second-order valence-electron chi connectivity index (χ2n) is 4.65. The van der Waals surface area contributed by atoms with Gasteiger partial charge in [-0.1, -0.05) is 0 Å². The van der Waals surface area contributed by atoms with Gasteiger partial charge in [0.05, 0.1) is 5.75 Å². The zero-order valence-corrected chi connectivity index (χ0v) is 12.1. The van der Waals surface area contributed by atoms with Gasteiger partial charge in [0.15, 0.2) is 0 Å². The first-order chi connectivity index (χ1) is 8.37. The number of hydrogen-bond acceptors (Lipinski definition) is 6. The summed E-state index contributed by atoms with van der Waals surface area (Å²) < 4.78 is 22.2. The van der Waals surface area contributed by atoms with Crippen molar-refractivity contribution < 1.29 is 8.42 Å². The Bertz CT molecular complexity index is 554. The molecule has 0 atom stereocenters. The predicted molar refractivity (Wildman–Crippen MR) is 73.6 cm³/mol. The van der Waals surface area contributed by atoms with E-state index in [2.05, 4.69) is 9.97 Å². The van der Waals surface area contributed by atoms with Gasteiger partial charge < -0.3 is 5.73 Å². The van der Waals surface area contributed by atoms with Crippen LogP contribution in [0, 0.1) is 6.92 Å². The van der Waals surface area contributed by atoms with Gasteiger partial charge in [0, 0.05) is 23.5 Å². The van der Waals surface area contributed by atoms with Crippen molar-refractivity contribution in [1.29, 1.82) is 0 Å². The average Bonchev–Trinajstić information content (AvgIpc) is 3.05. The third-order valence-electron chi connectivity index (χ3n) is 2.79. The second kappa shape index (κ2) is 5.05. The van der Waals surface area contributed by atoms with E-state index in [1.54, 1.807) is 0 Å². The molecule has 1 aromatic rings. The summed E-state index contributed by atoms with van der Waals surface area (Å²) in [6.07, 6.45) is 3.48. The van der Waals surface area contributed by atoms with E-state index >= 15 is 0 Å². The van der Waals surface area contributed by atoms with Crippen LogP contribution in [0.15, 0.2) is 5.03 Å². The maximum absolute atomic E-state index is 11.1. The van der Waals surface area contributed by atoms with Crippen LogP contribution >= 0.6 is 11.8 Å². The first-order valence-corrected chi connectivity index (χ1v) is 8.86. The van der Waals surface area contributed by atoms with Crippen molar-refractivity contribution in [2.45, 2.75) is 30.7 Å². The quantitative estimate of drug-likeness (QED) is 0.650. The van der Waals surface area contributed by atoms with E-state index < -0.39 is 9.84 Å². The van der Waals surface area contributed by atoms with Crippen molar-refractivity contribution in [3.8, 4) is 0 Å². The maximum Gasteiger partial charge on any atom is 0.148 e. The van der Waals surface area contributed by atoms with Crippen LogP contribution in [0.4, 0.5) is 5.82 Å². The van der Waals surface area contributed by atoms with Gasteiger partial charge in [0.25, 0.3) is 0 Å². The second-order valence-corrected chi connectivity index (χ2v) is 7.99. The fourth-order valence-corrected chi connectivity index (χ4v) is 3.70. The van der Waals surface area contributed by atoms with Gasteiger partial charge in [0.1, 0.15) is 26.5 Å². The Morgan fingerprint density at radius 3 is 2.61 bits per heavy atom. The van der Waals surface area contributed by atoms with Crippen molar-refractivity contribution >= 4 is 27.4 Å². The minimum absolute atomic E-state index is 0.153. The van der Waals surface area contributed by atoms with Gasteiger partial charge in [-0.2, -0.15) is 0 Å². The van der Waals surface area contributed by atoms with Crippen molar-refractivity contribution in [2.24, 2.45) is 0 Å². The number of rotatable bonds is 5. The highest BCUT2D eigenvalue weighted by atomic mass is 32.2. The third kappa shape index (κ3) is 3.58. The van der Waals surface area contributed by atoms with Gasteiger partial charge >= 0.3 is 0 Å². The van der Waals surface area contributed by atoms with Crippen LogP contribution in [0.3, 0.4) is 0 Å². The van der Waals surface area contributed by atoms with Crippen LogP contribution in [0.5, 0.6) is 0 Å². The Balaban J connectivity index is 2.11. The van der Waals surface area contributed by atoms with E-state index in [9.17, 15) is 8.42 Å². The number of anilines is 1. The predicted octanol–water partition coefficient (Wildman–Crippen LogP) is 1.38. The lowest BCUT2D eigenvalue weighted by Gasteiger charge is -2.08. The Morgan fingerprint density at radius 2 is 2.06 bits per heavy atom. The summed E-state index contributed by atoms with van der Waals surface area (Å²) in [5.41, 5.74) is 6.71. The summed E-state index contributed by atoms with van der Waals surface area (Å²) in [5.74, 6) is 2.41. The van der Waals surface area contributed by atoms with Gasteiger partial charge in [-0.05, 0) is 19.8 Å². The average molecular weight is 287 g/mol. The molecule has 18 heavy (non-hydrogen) atoms. The monoisotopic (exact) mass is 287 g/mol. The van der Waals surface area contributed by atoms with E-state index in [1.807, 2.05) is 6.92 Å². The van der Waals surface area contributed by atoms with Crippen LogP contribution in [0.25, 0.3) is 0 Å². The summed E-state index contributed by atoms with van der Waals surface area (Å²) in [4.78, 5) is 8.78. The molecule has 0 spiro atoms. The fourth-order valence-electron chi connectivity index (χ4n) is 1.48. The minimum atomic E-state index is -2.93. The largest absolute Gasteiger partial charge is 0.383 e. The van der Waals surface area contributed by atoms with Gasteiger partial charge in [-0.15, -0.1) is 11.8 Å². The molecular weight excluding hydrogens is 270 g/mol. The first kappa shape index (κ1) is 13.6. The first-order valence-electron chi connectivity index (χ1n) is 5.81. The summed E-state index contributed by atoms with van der Waals surface area (Å²) in [6, 6.07) is 0. The Labute approximate surface area is 112 Å². The lowest BCUT2D eigenvalue weighted by Crippen LogP contribution is -2.07. The molecule has 1 aliphatic carbocycles. The molecule has 0 aromatic carbocycles. The molecule has 0 amide bonds. The number of nitrogens with two attached hydrogens (primary N) is 1. The smallest absolute Gasteiger partial charge is 0.148 e. The van der Waals surface area contributed by atoms with Crippen LogP contribution in [-0.2, 0) is 9.84 Å². The molecule has 2 rings (SSSR count). The van der Waals surface area contributed by atoms with Crippen LogP contribution < -0.4 is 5.73 Å². The molecule has 2 N–H and O–H groups in total. The van der Waals surface area contributed by atoms with E-state index in [-0.39, 0.29) is 5.75 Å². The van der Waals surface area contributed by atoms with E-state index in [0.717, 1.165) is 29.3 Å². The Kier molecular flexibility index (Phi) is 3.82. The van der Waals surface area contributed by atoms with Gasteiger partial charge in [-0.25, -0.2) is 18.4 Å². The summed E-state index contributed by atoms with van der Waals surface area (Å²) in [7, 11) is -2.93. The highest BCUT2D eigenvalue weighted by molar-refractivity contribution is 8.00. The van der Waals surface area contributed by atoms with Crippen molar-refractivity contribution in [2.75, 3.05) is 23.5 Å². The molecular formula is C11H17N3O2S2. The van der Waals surface area contributed by atoms with Gasteiger partial charge in [-0.3, -0.25) is 0 Å².